The number of nitrogens with two attached hydrogens (primary N) is 2. The summed E-state index contributed by atoms with van der Waals surface area (Å²) >= 11 is 0. The lowest BCUT2D eigenvalue weighted by atomic mass is 10.0. The quantitative estimate of drug-likeness (QED) is 0.550. The number of unbranched alkanes of at least 4 members (excludes halogenated alkanes) is 1. The molecular weight excluding hydrogens is 192 g/mol. The van der Waals surface area contributed by atoms with Crippen LogP contribution in [0, 0.1) is 0 Å². The van der Waals surface area contributed by atoms with Gasteiger partial charge in [0.2, 0.25) is 0 Å². The van der Waals surface area contributed by atoms with Crippen LogP contribution in [0.4, 0.5) is 0 Å². The number of benzene rings is 1. The monoisotopic (exact) mass is 210 g/mol. The maximum atomic E-state index is 9.55. The molecule has 0 saturated carbocycles. The van der Waals surface area contributed by atoms with Crippen LogP contribution < -0.4 is 11.5 Å². The topological polar surface area (TPSA) is 92.5 Å². The van der Waals surface area contributed by atoms with Crippen LogP contribution in [0.5, 0.6) is 11.5 Å². The van der Waals surface area contributed by atoms with E-state index in [1.807, 2.05) is 0 Å². The molecule has 0 bridgehead atoms. The summed E-state index contributed by atoms with van der Waals surface area (Å²) in [7, 11) is 0. The van der Waals surface area contributed by atoms with E-state index in [0.29, 0.717) is 12.1 Å². The molecule has 0 amide bonds. The molecule has 0 aliphatic heterocycles. The van der Waals surface area contributed by atoms with E-state index in [1.165, 1.54) is 12.1 Å². The van der Waals surface area contributed by atoms with Crippen LogP contribution in [-0.2, 0) is 0 Å². The fourth-order valence-electron chi connectivity index (χ4n) is 1.51. The minimum atomic E-state index is -0.197. The van der Waals surface area contributed by atoms with Crippen molar-refractivity contribution in [1.82, 2.24) is 0 Å². The van der Waals surface area contributed by atoms with E-state index in [-0.39, 0.29) is 17.5 Å². The highest BCUT2D eigenvalue weighted by Gasteiger charge is 2.10. The van der Waals surface area contributed by atoms with Gasteiger partial charge >= 0.3 is 0 Å². The molecule has 0 spiro atoms. The molecular formula is C11H18N2O2. The second-order valence-electron chi connectivity index (χ2n) is 3.63. The van der Waals surface area contributed by atoms with Gasteiger partial charge in [0.05, 0.1) is 0 Å². The van der Waals surface area contributed by atoms with E-state index < -0.39 is 0 Å². The van der Waals surface area contributed by atoms with Crippen molar-refractivity contribution in [2.45, 2.75) is 25.3 Å². The van der Waals surface area contributed by atoms with Crippen LogP contribution in [-0.4, -0.2) is 16.8 Å². The molecule has 1 atom stereocenters. The Morgan fingerprint density at radius 3 is 2.53 bits per heavy atom. The summed E-state index contributed by atoms with van der Waals surface area (Å²) in [5.41, 5.74) is 12.0. The molecule has 4 heteroatoms. The zero-order valence-corrected chi connectivity index (χ0v) is 8.69. The van der Waals surface area contributed by atoms with Gasteiger partial charge in [-0.2, -0.15) is 0 Å². The zero-order chi connectivity index (χ0) is 11.3. The van der Waals surface area contributed by atoms with Crippen LogP contribution in [0.3, 0.4) is 0 Å². The third-order valence-electron chi connectivity index (χ3n) is 2.38. The molecule has 6 N–H and O–H groups in total. The maximum Gasteiger partial charge on any atom is 0.124 e. The standard InChI is InChI=1S/C11H18N2O2/c12-6-2-1-3-10(13)9-5-4-8(14)7-11(9)15/h4-5,7,10,14-15H,1-3,6,12-13H2/t10-/m0/s1. The molecule has 0 heterocycles. The third kappa shape index (κ3) is 3.42. The van der Waals surface area contributed by atoms with Gasteiger partial charge in [-0.25, -0.2) is 0 Å². The number of rotatable bonds is 5. The van der Waals surface area contributed by atoms with Gasteiger partial charge in [0.1, 0.15) is 11.5 Å². The fraction of sp³-hybridized carbons (Fsp3) is 0.455. The van der Waals surface area contributed by atoms with E-state index in [4.69, 9.17) is 16.6 Å². The van der Waals surface area contributed by atoms with Gasteiger partial charge in [-0.05, 0) is 25.5 Å². The summed E-state index contributed by atoms with van der Waals surface area (Å²) in [6, 6.07) is 4.28. The molecule has 0 unspecified atom stereocenters. The zero-order valence-electron chi connectivity index (χ0n) is 8.69. The molecule has 4 nitrogen and oxygen atoms in total. The van der Waals surface area contributed by atoms with Crippen molar-refractivity contribution >= 4 is 0 Å². The van der Waals surface area contributed by atoms with Gasteiger partial charge < -0.3 is 21.7 Å². The molecule has 0 radical (unpaired) electrons. The number of aromatic hydroxyl groups is 2. The van der Waals surface area contributed by atoms with Crippen molar-refractivity contribution in [2.75, 3.05) is 6.54 Å². The molecule has 0 aliphatic carbocycles. The highest BCUT2D eigenvalue weighted by Crippen LogP contribution is 2.28. The molecule has 0 aliphatic rings. The molecule has 1 rings (SSSR count). The first-order chi connectivity index (χ1) is 7.15. The molecule has 0 fully saturated rings. The maximum absolute atomic E-state index is 9.55. The van der Waals surface area contributed by atoms with E-state index in [9.17, 15) is 5.11 Å². The first-order valence-electron chi connectivity index (χ1n) is 5.12. The lowest BCUT2D eigenvalue weighted by Gasteiger charge is -2.13. The van der Waals surface area contributed by atoms with Crippen LogP contribution in [0.15, 0.2) is 18.2 Å². The second-order valence-corrected chi connectivity index (χ2v) is 3.63. The van der Waals surface area contributed by atoms with Crippen molar-refractivity contribution in [3.05, 3.63) is 23.8 Å². The smallest absolute Gasteiger partial charge is 0.124 e. The second kappa shape index (κ2) is 5.58. The Labute approximate surface area is 89.5 Å². The minimum absolute atomic E-state index is 0.0467. The van der Waals surface area contributed by atoms with E-state index in [1.54, 1.807) is 6.07 Å². The third-order valence-corrected chi connectivity index (χ3v) is 2.38. The Bertz CT molecular complexity index is 315. The first-order valence-corrected chi connectivity index (χ1v) is 5.12. The molecule has 15 heavy (non-hydrogen) atoms. The summed E-state index contributed by atoms with van der Waals surface area (Å²) in [6.07, 6.45) is 2.67. The van der Waals surface area contributed by atoms with Crippen molar-refractivity contribution < 1.29 is 10.2 Å². The summed E-state index contributed by atoms with van der Waals surface area (Å²) in [5.74, 6) is 0.0978. The molecule has 84 valence electrons. The van der Waals surface area contributed by atoms with Crippen molar-refractivity contribution in [3.8, 4) is 11.5 Å². The molecule has 0 aromatic heterocycles. The SMILES string of the molecule is NCCCC[C@H](N)c1ccc(O)cc1O. The summed E-state index contributed by atoms with van der Waals surface area (Å²) in [4.78, 5) is 0. The van der Waals surface area contributed by atoms with Gasteiger partial charge in [-0.1, -0.05) is 12.5 Å². The molecule has 1 aromatic carbocycles. The van der Waals surface area contributed by atoms with Crippen LogP contribution in [0.25, 0.3) is 0 Å². The average molecular weight is 210 g/mol. The van der Waals surface area contributed by atoms with Gasteiger partial charge in [0.25, 0.3) is 0 Å². The van der Waals surface area contributed by atoms with E-state index in [2.05, 4.69) is 0 Å². The average Bonchev–Trinajstić information content (AvgIpc) is 2.17. The first kappa shape index (κ1) is 11.8. The minimum Gasteiger partial charge on any atom is -0.508 e. The van der Waals surface area contributed by atoms with Gasteiger partial charge in [-0.15, -0.1) is 0 Å². The van der Waals surface area contributed by atoms with Crippen molar-refractivity contribution in [3.63, 3.8) is 0 Å². The Balaban J connectivity index is 2.61. The van der Waals surface area contributed by atoms with Gasteiger partial charge in [0, 0.05) is 17.7 Å². The van der Waals surface area contributed by atoms with E-state index in [0.717, 1.165) is 19.3 Å². The number of phenols is 2. The predicted molar refractivity (Wildman–Crippen MR) is 59.6 cm³/mol. The number of hydrogen-bond donors (Lipinski definition) is 4. The highest BCUT2D eigenvalue weighted by atomic mass is 16.3. The number of hydrogen-bond acceptors (Lipinski definition) is 4. The summed E-state index contributed by atoms with van der Waals surface area (Å²) in [5, 5.41) is 18.7. The van der Waals surface area contributed by atoms with Crippen molar-refractivity contribution in [2.24, 2.45) is 11.5 Å². The summed E-state index contributed by atoms with van der Waals surface area (Å²) < 4.78 is 0. The normalized spacial score (nSPS) is 12.7. The number of phenolic OH excluding ortho intramolecular Hbond substituents is 2. The van der Waals surface area contributed by atoms with Crippen LogP contribution in [0.2, 0.25) is 0 Å². The van der Waals surface area contributed by atoms with E-state index >= 15 is 0 Å². The predicted octanol–water partition coefficient (Wildman–Crippen LogP) is 1.23. The lowest BCUT2D eigenvalue weighted by molar-refractivity contribution is 0.438. The molecule has 1 aromatic rings. The Hall–Kier alpha value is -1.26. The van der Waals surface area contributed by atoms with Crippen molar-refractivity contribution in [1.29, 1.82) is 0 Å². The van der Waals surface area contributed by atoms with Crippen LogP contribution >= 0.6 is 0 Å². The largest absolute Gasteiger partial charge is 0.508 e. The van der Waals surface area contributed by atoms with Crippen LogP contribution in [0.1, 0.15) is 30.9 Å². The van der Waals surface area contributed by atoms with Gasteiger partial charge in [-0.3, -0.25) is 0 Å². The van der Waals surface area contributed by atoms with Gasteiger partial charge in [0.15, 0.2) is 0 Å². The summed E-state index contributed by atoms with van der Waals surface area (Å²) in [6.45, 7) is 0.661. The Morgan fingerprint density at radius 2 is 1.93 bits per heavy atom. The highest BCUT2D eigenvalue weighted by molar-refractivity contribution is 5.40. The lowest BCUT2D eigenvalue weighted by Crippen LogP contribution is -2.11. The fourth-order valence-corrected chi connectivity index (χ4v) is 1.51. The Morgan fingerprint density at radius 1 is 1.20 bits per heavy atom. The molecule has 0 saturated heterocycles. The Kier molecular flexibility index (Phi) is 4.39.